The molecule has 0 radical (unpaired) electrons. The van der Waals surface area contributed by atoms with E-state index >= 15 is 0 Å². The van der Waals surface area contributed by atoms with Crippen LogP contribution in [0.1, 0.15) is 41.9 Å². The van der Waals surface area contributed by atoms with Crippen LogP contribution in [-0.4, -0.2) is 32.3 Å². The van der Waals surface area contributed by atoms with Gasteiger partial charge in [-0.2, -0.15) is 5.10 Å². The molecule has 0 aliphatic heterocycles. The summed E-state index contributed by atoms with van der Waals surface area (Å²) >= 11 is 0. The fraction of sp³-hybridized carbons (Fsp3) is 0.385. The van der Waals surface area contributed by atoms with Crippen molar-refractivity contribution in [3.05, 3.63) is 40.2 Å². The average Bonchev–Trinajstić information content (AvgIpc) is 3.15. The van der Waals surface area contributed by atoms with Gasteiger partial charge in [-0.15, -0.1) is 0 Å². The summed E-state index contributed by atoms with van der Waals surface area (Å²) in [6.07, 6.45) is 4.99. The molecule has 2 aromatic rings. The summed E-state index contributed by atoms with van der Waals surface area (Å²) in [4.78, 5) is 30.3. The van der Waals surface area contributed by atoms with Crippen molar-refractivity contribution in [2.75, 3.05) is 6.61 Å². The van der Waals surface area contributed by atoms with Crippen LogP contribution in [0.2, 0.25) is 0 Å². The largest absolute Gasteiger partial charge is 0.462 e. The lowest BCUT2D eigenvalue weighted by molar-refractivity contribution is 0.0526. The minimum atomic E-state index is -0.439. The monoisotopic (exact) mass is 274 g/mol. The van der Waals surface area contributed by atoms with Gasteiger partial charge >= 0.3 is 5.97 Å². The van der Waals surface area contributed by atoms with Gasteiger partial charge in [0.05, 0.1) is 18.4 Å². The van der Waals surface area contributed by atoms with E-state index in [4.69, 9.17) is 4.74 Å². The van der Waals surface area contributed by atoms with Crippen molar-refractivity contribution >= 4 is 5.97 Å². The van der Waals surface area contributed by atoms with Crippen molar-refractivity contribution in [1.82, 2.24) is 19.7 Å². The molecule has 1 aliphatic carbocycles. The Morgan fingerprint density at radius 3 is 3.05 bits per heavy atom. The molecule has 0 spiro atoms. The molecule has 1 saturated carbocycles. The van der Waals surface area contributed by atoms with Crippen molar-refractivity contribution < 1.29 is 9.53 Å². The summed E-state index contributed by atoms with van der Waals surface area (Å²) in [5, 5.41) is 4.05. The fourth-order valence-corrected chi connectivity index (χ4v) is 1.90. The molecule has 1 N–H and O–H groups in total. The highest BCUT2D eigenvalue weighted by molar-refractivity contribution is 5.88. The third-order valence-corrected chi connectivity index (χ3v) is 3.04. The number of aromatic nitrogens is 4. The zero-order chi connectivity index (χ0) is 14.1. The Morgan fingerprint density at radius 2 is 2.35 bits per heavy atom. The van der Waals surface area contributed by atoms with Gasteiger partial charge in [0.1, 0.15) is 5.82 Å². The van der Waals surface area contributed by atoms with Crippen LogP contribution in [-0.2, 0) is 4.74 Å². The van der Waals surface area contributed by atoms with Gasteiger partial charge in [0, 0.05) is 18.2 Å². The number of ether oxygens (including phenoxy) is 1. The first-order valence-corrected chi connectivity index (χ1v) is 6.51. The number of nitrogens with zero attached hydrogens (tertiary/aromatic N) is 3. The minimum Gasteiger partial charge on any atom is -0.462 e. The molecule has 2 heterocycles. The number of aromatic amines is 1. The summed E-state index contributed by atoms with van der Waals surface area (Å²) in [5.74, 6) is 0.987. The zero-order valence-corrected chi connectivity index (χ0v) is 11.0. The van der Waals surface area contributed by atoms with Gasteiger partial charge in [0.25, 0.3) is 5.56 Å². The summed E-state index contributed by atoms with van der Waals surface area (Å²) in [6.45, 7) is 2.04. The highest BCUT2D eigenvalue weighted by atomic mass is 16.5. The van der Waals surface area contributed by atoms with E-state index in [1.807, 2.05) is 0 Å². The van der Waals surface area contributed by atoms with E-state index in [9.17, 15) is 9.59 Å². The van der Waals surface area contributed by atoms with Crippen LogP contribution in [0.5, 0.6) is 0 Å². The van der Waals surface area contributed by atoms with Crippen molar-refractivity contribution in [2.24, 2.45) is 0 Å². The van der Waals surface area contributed by atoms with Crippen LogP contribution in [0.15, 0.2) is 23.3 Å². The third-order valence-electron chi connectivity index (χ3n) is 3.04. The van der Waals surface area contributed by atoms with Crippen LogP contribution in [0.4, 0.5) is 0 Å². The number of carbonyl (C=O) groups is 1. The molecular weight excluding hydrogens is 260 g/mol. The predicted molar refractivity (Wildman–Crippen MR) is 69.9 cm³/mol. The summed E-state index contributed by atoms with van der Waals surface area (Å²) in [6, 6.07) is 1.35. The Morgan fingerprint density at radius 1 is 1.55 bits per heavy atom. The summed E-state index contributed by atoms with van der Waals surface area (Å²) in [5.41, 5.74) is 0.118. The molecule has 0 amide bonds. The Kier molecular flexibility index (Phi) is 3.09. The second-order valence-electron chi connectivity index (χ2n) is 4.66. The molecule has 0 bridgehead atoms. The SMILES string of the molecule is CCOC(=O)c1cnn(-c2cc(=O)[nH]c(C3CC3)n2)c1. The molecule has 104 valence electrons. The Bertz CT molecular complexity index is 700. The van der Waals surface area contributed by atoms with Gasteiger partial charge in [0.2, 0.25) is 0 Å². The smallest absolute Gasteiger partial charge is 0.341 e. The van der Waals surface area contributed by atoms with Gasteiger partial charge < -0.3 is 9.72 Å². The topological polar surface area (TPSA) is 89.9 Å². The van der Waals surface area contributed by atoms with Crippen molar-refractivity contribution in [3.8, 4) is 5.82 Å². The number of carbonyl (C=O) groups excluding carboxylic acids is 1. The molecule has 1 aliphatic rings. The first-order valence-electron chi connectivity index (χ1n) is 6.51. The Hall–Kier alpha value is -2.44. The van der Waals surface area contributed by atoms with Crippen LogP contribution < -0.4 is 5.56 Å². The van der Waals surface area contributed by atoms with E-state index in [1.165, 1.54) is 23.1 Å². The number of nitrogens with one attached hydrogen (secondary N) is 1. The van der Waals surface area contributed by atoms with E-state index in [0.717, 1.165) is 12.8 Å². The number of rotatable bonds is 4. The molecular formula is C13H14N4O3. The number of hydrogen-bond donors (Lipinski definition) is 1. The van der Waals surface area contributed by atoms with Crippen molar-refractivity contribution in [3.63, 3.8) is 0 Å². The number of H-pyrrole nitrogens is 1. The highest BCUT2D eigenvalue weighted by Gasteiger charge is 2.26. The molecule has 0 aromatic carbocycles. The van der Waals surface area contributed by atoms with E-state index in [2.05, 4.69) is 15.1 Å². The standard InChI is InChI=1S/C13H14N4O3/c1-2-20-13(19)9-6-14-17(7-9)10-5-11(18)16-12(15-10)8-3-4-8/h5-8H,2-4H2,1H3,(H,15,16,18). The van der Waals surface area contributed by atoms with Crippen LogP contribution in [0.3, 0.4) is 0 Å². The van der Waals surface area contributed by atoms with Crippen LogP contribution in [0, 0.1) is 0 Å². The Labute approximate surface area is 114 Å². The minimum absolute atomic E-state index is 0.218. The average molecular weight is 274 g/mol. The maximum absolute atomic E-state index is 11.6. The number of esters is 1. The van der Waals surface area contributed by atoms with Crippen molar-refractivity contribution in [2.45, 2.75) is 25.7 Å². The van der Waals surface area contributed by atoms with Gasteiger partial charge in [0.15, 0.2) is 5.82 Å². The molecule has 0 atom stereocenters. The fourth-order valence-electron chi connectivity index (χ4n) is 1.90. The molecule has 20 heavy (non-hydrogen) atoms. The molecule has 7 heteroatoms. The second kappa shape index (κ2) is 4.92. The normalized spacial score (nSPS) is 14.2. The van der Waals surface area contributed by atoms with Crippen molar-refractivity contribution in [1.29, 1.82) is 0 Å². The third kappa shape index (κ3) is 2.47. The molecule has 1 fully saturated rings. The first-order chi connectivity index (χ1) is 9.67. The van der Waals surface area contributed by atoms with E-state index in [-0.39, 0.29) is 5.56 Å². The first kappa shape index (κ1) is 12.6. The molecule has 0 unspecified atom stereocenters. The van der Waals surface area contributed by atoms with Gasteiger partial charge in [-0.25, -0.2) is 14.5 Å². The van der Waals surface area contributed by atoms with Crippen LogP contribution in [0.25, 0.3) is 5.82 Å². The maximum Gasteiger partial charge on any atom is 0.341 e. The quantitative estimate of drug-likeness (QED) is 0.840. The van der Waals surface area contributed by atoms with E-state index < -0.39 is 5.97 Å². The van der Waals surface area contributed by atoms with Gasteiger partial charge in [-0.3, -0.25) is 4.79 Å². The van der Waals surface area contributed by atoms with Gasteiger partial charge in [-0.05, 0) is 19.8 Å². The second-order valence-corrected chi connectivity index (χ2v) is 4.66. The van der Waals surface area contributed by atoms with E-state index in [1.54, 1.807) is 6.92 Å². The molecule has 2 aromatic heterocycles. The summed E-state index contributed by atoms with van der Waals surface area (Å²) < 4.78 is 6.30. The lowest BCUT2D eigenvalue weighted by Crippen LogP contribution is -2.13. The maximum atomic E-state index is 11.6. The molecule has 7 nitrogen and oxygen atoms in total. The highest BCUT2D eigenvalue weighted by Crippen LogP contribution is 2.37. The molecule has 0 saturated heterocycles. The lowest BCUT2D eigenvalue weighted by Gasteiger charge is -2.02. The zero-order valence-electron chi connectivity index (χ0n) is 11.0. The molecule has 3 rings (SSSR count). The van der Waals surface area contributed by atoms with Crippen LogP contribution >= 0.6 is 0 Å². The van der Waals surface area contributed by atoms with E-state index in [0.29, 0.717) is 29.7 Å². The Balaban J connectivity index is 1.93. The van der Waals surface area contributed by atoms with Gasteiger partial charge in [-0.1, -0.05) is 0 Å². The summed E-state index contributed by atoms with van der Waals surface area (Å²) in [7, 11) is 0. The predicted octanol–water partition coefficient (Wildman–Crippen LogP) is 1.01. The number of hydrogen-bond acceptors (Lipinski definition) is 5. The lowest BCUT2D eigenvalue weighted by atomic mass is 10.3.